The zero-order chi connectivity index (χ0) is 9.10. The number of hydrogen-bond acceptors (Lipinski definition) is 0. The van der Waals surface area contributed by atoms with E-state index < -0.39 is 0 Å². The second-order valence-electron chi connectivity index (χ2n) is 3.50. The van der Waals surface area contributed by atoms with Gasteiger partial charge in [0.05, 0.1) is 0 Å². The van der Waals surface area contributed by atoms with Crippen molar-refractivity contribution in [3.63, 3.8) is 0 Å². The van der Waals surface area contributed by atoms with Crippen molar-refractivity contribution in [1.82, 2.24) is 0 Å². The summed E-state index contributed by atoms with van der Waals surface area (Å²) in [5.41, 5.74) is 1.41. The number of halogens is 1. The van der Waals surface area contributed by atoms with Gasteiger partial charge in [0.25, 0.3) is 0 Å². The molecule has 0 nitrogen and oxygen atoms in total. The van der Waals surface area contributed by atoms with Crippen LogP contribution in [-0.4, -0.2) is 11.5 Å². The molecule has 0 radical (unpaired) electrons. The fourth-order valence-electron chi connectivity index (χ4n) is 1.72. The Bertz CT molecular complexity index is 279. The van der Waals surface area contributed by atoms with Crippen LogP contribution < -0.4 is 0 Å². The molecule has 2 heteroatoms. The number of benzene rings is 1. The van der Waals surface area contributed by atoms with Gasteiger partial charge in [0.15, 0.2) is 0 Å². The normalized spacial score (nSPS) is 17.9. The van der Waals surface area contributed by atoms with Crippen LogP contribution in [0.25, 0.3) is 0 Å². The van der Waals surface area contributed by atoms with E-state index in [1.807, 2.05) is 6.07 Å². The van der Waals surface area contributed by atoms with Gasteiger partial charge in [0.1, 0.15) is 17.3 Å². The van der Waals surface area contributed by atoms with Crippen LogP contribution in [0.3, 0.4) is 0 Å². The van der Waals surface area contributed by atoms with Gasteiger partial charge in [-0.3, -0.25) is 0 Å². The van der Waals surface area contributed by atoms with Gasteiger partial charge in [-0.15, -0.1) is 0 Å². The summed E-state index contributed by atoms with van der Waals surface area (Å²) in [6.07, 6.45) is 2.87. The Morgan fingerprint density at radius 1 is 1.23 bits per heavy atom. The van der Waals surface area contributed by atoms with Crippen LogP contribution in [0.15, 0.2) is 24.3 Å². The predicted octanol–water partition coefficient (Wildman–Crippen LogP) is 3.25. The molecule has 0 unspecified atom stereocenters. The zero-order valence-corrected chi connectivity index (χ0v) is 9.20. The molecule has 0 aromatic heterocycles. The SMILES string of the molecule is Clc1cccc(C[S+]2CCCC2)c1. The third-order valence-electron chi connectivity index (χ3n) is 2.38. The van der Waals surface area contributed by atoms with Crippen molar-refractivity contribution >= 4 is 22.5 Å². The van der Waals surface area contributed by atoms with Crippen LogP contribution in [0.1, 0.15) is 18.4 Å². The van der Waals surface area contributed by atoms with Crippen LogP contribution in [0.2, 0.25) is 5.02 Å². The van der Waals surface area contributed by atoms with Crippen molar-refractivity contribution in [2.24, 2.45) is 0 Å². The fourth-order valence-corrected chi connectivity index (χ4v) is 4.30. The largest absolute Gasteiger partial charge is 0.133 e. The smallest absolute Gasteiger partial charge is 0.0843 e. The Labute approximate surface area is 87.6 Å². The van der Waals surface area contributed by atoms with Crippen LogP contribution in [0, 0.1) is 0 Å². The summed E-state index contributed by atoms with van der Waals surface area (Å²) in [5.74, 6) is 4.12. The molecule has 0 aliphatic carbocycles. The van der Waals surface area contributed by atoms with Gasteiger partial charge in [-0.05, 0) is 35.9 Å². The van der Waals surface area contributed by atoms with Gasteiger partial charge in [-0.25, -0.2) is 0 Å². The second-order valence-corrected chi connectivity index (χ2v) is 6.27. The minimum atomic E-state index is 0.655. The Morgan fingerprint density at radius 3 is 2.69 bits per heavy atom. The van der Waals surface area contributed by atoms with Crippen LogP contribution >= 0.6 is 11.6 Å². The molecule has 1 aliphatic rings. The molecule has 0 N–H and O–H groups in total. The lowest BCUT2D eigenvalue weighted by atomic mass is 10.2. The Balaban J connectivity index is 2.00. The van der Waals surface area contributed by atoms with Gasteiger partial charge in [0.2, 0.25) is 0 Å². The average Bonchev–Trinajstić information content (AvgIpc) is 2.57. The maximum atomic E-state index is 5.93. The summed E-state index contributed by atoms with van der Waals surface area (Å²) in [6, 6.07) is 8.30. The summed E-state index contributed by atoms with van der Waals surface area (Å²) in [7, 11) is 0.655. The van der Waals surface area contributed by atoms with E-state index in [9.17, 15) is 0 Å². The quantitative estimate of drug-likeness (QED) is 0.662. The minimum Gasteiger partial charge on any atom is -0.0843 e. The van der Waals surface area contributed by atoms with Gasteiger partial charge in [-0.1, -0.05) is 23.7 Å². The van der Waals surface area contributed by atoms with Gasteiger partial charge in [0, 0.05) is 10.6 Å². The first-order valence-corrected chi connectivity index (χ1v) is 6.84. The van der Waals surface area contributed by atoms with E-state index in [2.05, 4.69) is 18.2 Å². The molecule has 1 saturated heterocycles. The lowest BCUT2D eigenvalue weighted by Crippen LogP contribution is -2.06. The van der Waals surface area contributed by atoms with E-state index in [1.54, 1.807) is 0 Å². The Kier molecular flexibility index (Phi) is 3.18. The molecule has 2 rings (SSSR count). The van der Waals surface area contributed by atoms with Crippen molar-refractivity contribution < 1.29 is 0 Å². The van der Waals surface area contributed by atoms with Gasteiger partial charge in [-0.2, -0.15) is 0 Å². The van der Waals surface area contributed by atoms with E-state index in [0.29, 0.717) is 10.9 Å². The highest BCUT2D eigenvalue weighted by atomic mass is 35.5. The monoisotopic (exact) mass is 213 g/mol. The topological polar surface area (TPSA) is 0 Å². The summed E-state index contributed by atoms with van der Waals surface area (Å²) in [5, 5.41) is 0.875. The Hall–Kier alpha value is -0.140. The van der Waals surface area contributed by atoms with Crippen LogP contribution in [0.5, 0.6) is 0 Å². The third kappa shape index (κ3) is 2.65. The van der Waals surface area contributed by atoms with Crippen molar-refractivity contribution in [3.05, 3.63) is 34.9 Å². The Morgan fingerprint density at radius 2 is 2.00 bits per heavy atom. The molecule has 13 heavy (non-hydrogen) atoms. The molecule has 1 heterocycles. The molecule has 1 aliphatic heterocycles. The summed E-state index contributed by atoms with van der Waals surface area (Å²) >= 11 is 5.93. The molecule has 1 aromatic carbocycles. The molecular formula is C11H14ClS+. The highest BCUT2D eigenvalue weighted by molar-refractivity contribution is 7.96. The third-order valence-corrected chi connectivity index (χ3v) is 5.08. The zero-order valence-electron chi connectivity index (χ0n) is 7.63. The fraction of sp³-hybridized carbons (Fsp3) is 0.455. The molecule has 0 saturated carbocycles. The second kappa shape index (κ2) is 4.39. The molecule has 0 spiro atoms. The molecule has 1 fully saturated rings. The first-order valence-electron chi connectivity index (χ1n) is 4.73. The highest BCUT2D eigenvalue weighted by Gasteiger charge is 2.23. The van der Waals surface area contributed by atoms with E-state index in [-0.39, 0.29) is 0 Å². The number of hydrogen-bond donors (Lipinski definition) is 0. The molecule has 70 valence electrons. The maximum absolute atomic E-state index is 5.93. The summed E-state index contributed by atoms with van der Waals surface area (Å²) in [4.78, 5) is 0. The average molecular weight is 214 g/mol. The highest BCUT2D eigenvalue weighted by Crippen LogP contribution is 2.20. The van der Waals surface area contributed by atoms with Crippen molar-refractivity contribution in [2.45, 2.75) is 18.6 Å². The van der Waals surface area contributed by atoms with Crippen molar-refractivity contribution in [1.29, 1.82) is 0 Å². The molecular weight excluding hydrogens is 200 g/mol. The lowest BCUT2D eigenvalue weighted by molar-refractivity contribution is 0.949. The van der Waals surface area contributed by atoms with Gasteiger partial charge < -0.3 is 0 Å². The summed E-state index contributed by atoms with van der Waals surface area (Å²) in [6.45, 7) is 0. The van der Waals surface area contributed by atoms with Crippen molar-refractivity contribution in [3.8, 4) is 0 Å². The molecule has 1 aromatic rings. The molecule has 0 atom stereocenters. The first-order chi connectivity index (χ1) is 6.34. The van der Waals surface area contributed by atoms with Crippen LogP contribution in [-0.2, 0) is 16.6 Å². The molecule has 0 bridgehead atoms. The van der Waals surface area contributed by atoms with E-state index in [4.69, 9.17) is 11.6 Å². The predicted molar refractivity (Wildman–Crippen MR) is 61.5 cm³/mol. The lowest BCUT2D eigenvalue weighted by Gasteiger charge is -2.01. The van der Waals surface area contributed by atoms with Crippen molar-refractivity contribution in [2.75, 3.05) is 11.5 Å². The molecule has 0 amide bonds. The number of rotatable bonds is 2. The van der Waals surface area contributed by atoms with E-state index in [0.717, 1.165) is 5.02 Å². The maximum Gasteiger partial charge on any atom is 0.133 e. The van der Waals surface area contributed by atoms with E-state index >= 15 is 0 Å². The minimum absolute atomic E-state index is 0.655. The van der Waals surface area contributed by atoms with Crippen LogP contribution in [0.4, 0.5) is 0 Å². The van der Waals surface area contributed by atoms with Gasteiger partial charge >= 0.3 is 0 Å². The first kappa shape index (κ1) is 9.42. The van der Waals surface area contributed by atoms with E-state index in [1.165, 1.54) is 35.7 Å². The standard InChI is InChI=1S/C11H14ClS/c12-11-5-3-4-10(8-11)9-13-6-1-2-7-13/h3-5,8H,1-2,6-7,9H2/q+1. The summed E-state index contributed by atoms with van der Waals surface area (Å²) < 4.78 is 0.